The number of hydrogen-bond acceptors (Lipinski definition) is 4. The molecule has 0 spiro atoms. The Morgan fingerprint density at radius 3 is 1.96 bits per heavy atom. The fourth-order valence-corrected chi connectivity index (χ4v) is 2.53. The quantitative estimate of drug-likeness (QED) is 0.769. The zero-order valence-corrected chi connectivity index (χ0v) is 14.7. The number of rotatable bonds is 2. The lowest BCUT2D eigenvalue weighted by molar-refractivity contribution is 0.398. The fraction of sp³-hybridized carbons (Fsp3) is 0.167. The van der Waals surface area contributed by atoms with Crippen LogP contribution in [0, 0.1) is 20.8 Å². The minimum Gasteiger partial charge on any atom is -0.361 e. The van der Waals surface area contributed by atoms with E-state index in [0.717, 1.165) is 28.1 Å². The maximum Gasteiger partial charge on any atom is 0.238 e. The molecule has 5 nitrogen and oxygen atoms in total. The summed E-state index contributed by atoms with van der Waals surface area (Å²) in [6.07, 6.45) is 0. The Balaban J connectivity index is 0.000000177. The molecule has 126 valence electrons. The Hall–Kier alpha value is -2.44. The Bertz CT molecular complexity index is 899. The molecular weight excluding hydrogens is 324 g/mol. The third-order valence-electron chi connectivity index (χ3n) is 3.55. The van der Waals surface area contributed by atoms with Crippen LogP contribution in [0.4, 0.5) is 0 Å². The molecule has 0 aliphatic heterocycles. The molecule has 0 radical (unpaired) electrons. The van der Waals surface area contributed by atoms with Crippen molar-refractivity contribution in [1.29, 1.82) is 0 Å². The molecule has 2 N–H and O–H groups in total. The Morgan fingerprint density at radius 2 is 1.50 bits per heavy atom. The third kappa shape index (κ3) is 4.53. The van der Waals surface area contributed by atoms with Crippen LogP contribution in [0.3, 0.4) is 0 Å². The summed E-state index contributed by atoms with van der Waals surface area (Å²) in [4.78, 5) is 0.156. The van der Waals surface area contributed by atoms with Gasteiger partial charge in [0.15, 0.2) is 0 Å². The van der Waals surface area contributed by atoms with E-state index < -0.39 is 10.0 Å². The minimum atomic E-state index is -3.52. The van der Waals surface area contributed by atoms with Gasteiger partial charge in [-0.1, -0.05) is 53.2 Å². The van der Waals surface area contributed by atoms with E-state index >= 15 is 0 Å². The second-order valence-electron chi connectivity index (χ2n) is 5.44. The minimum absolute atomic E-state index is 0.156. The standard InChI is InChI=1S/C11H11NO.C7H9NO2S/c1-8-9(2)13-12-11(8)10-6-4-3-5-7-10;1-6-2-4-7(5-3-6)11(8,9)10/h3-7H,1-2H3;2-5H,1H3,(H2,8,9,10). The number of benzene rings is 2. The van der Waals surface area contributed by atoms with Gasteiger partial charge < -0.3 is 4.52 Å². The zero-order chi connectivity index (χ0) is 17.7. The van der Waals surface area contributed by atoms with Gasteiger partial charge in [0.2, 0.25) is 10.0 Å². The van der Waals surface area contributed by atoms with Gasteiger partial charge >= 0.3 is 0 Å². The first kappa shape index (κ1) is 17.9. The van der Waals surface area contributed by atoms with Crippen molar-refractivity contribution in [1.82, 2.24) is 5.16 Å². The van der Waals surface area contributed by atoms with Crippen LogP contribution in [-0.2, 0) is 10.0 Å². The molecule has 0 aliphatic rings. The average molecular weight is 344 g/mol. The highest BCUT2D eigenvalue weighted by Crippen LogP contribution is 2.23. The molecule has 0 atom stereocenters. The largest absolute Gasteiger partial charge is 0.361 e. The van der Waals surface area contributed by atoms with Gasteiger partial charge in [-0.15, -0.1) is 0 Å². The van der Waals surface area contributed by atoms with Crippen molar-refractivity contribution >= 4 is 10.0 Å². The first-order valence-electron chi connectivity index (χ1n) is 7.37. The van der Waals surface area contributed by atoms with Crippen molar-refractivity contribution in [3.8, 4) is 11.3 Å². The molecule has 0 amide bonds. The summed E-state index contributed by atoms with van der Waals surface area (Å²) >= 11 is 0. The van der Waals surface area contributed by atoms with Crippen molar-refractivity contribution in [2.24, 2.45) is 5.14 Å². The van der Waals surface area contributed by atoms with Crippen molar-refractivity contribution in [2.75, 3.05) is 0 Å². The molecule has 6 heteroatoms. The summed E-state index contributed by atoms with van der Waals surface area (Å²) in [6.45, 7) is 5.83. The highest BCUT2D eigenvalue weighted by atomic mass is 32.2. The van der Waals surface area contributed by atoms with Crippen molar-refractivity contribution in [2.45, 2.75) is 25.7 Å². The van der Waals surface area contributed by atoms with Gasteiger partial charge in [0.25, 0.3) is 0 Å². The number of sulfonamides is 1. The number of hydrogen-bond donors (Lipinski definition) is 1. The van der Waals surface area contributed by atoms with Crippen LogP contribution in [0.5, 0.6) is 0 Å². The maximum atomic E-state index is 10.7. The molecule has 0 saturated carbocycles. The first-order valence-corrected chi connectivity index (χ1v) is 8.91. The molecule has 1 heterocycles. The fourth-order valence-electron chi connectivity index (χ4n) is 2.01. The SMILES string of the molecule is Cc1ccc(S(N)(=O)=O)cc1.Cc1onc(-c2ccccc2)c1C. The molecule has 0 fully saturated rings. The number of nitrogens with two attached hydrogens (primary N) is 1. The lowest BCUT2D eigenvalue weighted by Crippen LogP contribution is -2.11. The van der Waals surface area contributed by atoms with Gasteiger partial charge in [0.1, 0.15) is 11.5 Å². The second kappa shape index (κ2) is 7.42. The smallest absolute Gasteiger partial charge is 0.238 e. The van der Waals surface area contributed by atoms with Crippen molar-refractivity contribution in [3.63, 3.8) is 0 Å². The number of primary sulfonamides is 1. The summed E-state index contributed by atoms with van der Waals surface area (Å²) < 4.78 is 26.5. The predicted octanol–water partition coefficient (Wildman–Crippen LogP) is 3.60. The van der Waals surface area contributed by atoms with E-state index in [1.54, 1.807) is 12.1 Å². The summed E-state index contributed by atoms with van der Waals surface area (Å²) in [7, 11) is -3.52. The monoisotopic (exact) mass is 344 g/mol. The van der Waals surface area contributed by atoms with E-state index in [9.17, 15) is 8.42 Å². The predicted molar refractivity (Wildman–Crippen MR) is 94.0 cm³/mol. The summed E-state index contributed by atoms with van der Waals surface area (Å²) in [5.41, 5.74) is 4.18. The molecule has 0 aliphatic carbocycles. The van der Waals surface area contributed by atoms with Crippen LogP contribution in [0.15, 0.2) is 64.0 Å². The van der Waals surface area contributed by atoms with Crippen molar-refractivity contribution < 1.29 is 12.9 Å². The normalized spacial score (nSPS) is 10.8. The molecule has 2 aromatic carbocycles. The third-order valence-corrected chi connectivity index (χ3v) is 4.48. The van der Waals surface area contributed by atoms with Gasteiger partial charge in [-0.2, -0.15) is 0 Å². The average Bonchev–Trinajstić information content (AvgIpc) is 2.88. The molecule has 0 saturated heterocycles. The molecule has 0 bridgehead atoms. The number of aromatic nitrogens is 1. The summed E-state index contributed by atoms with van der Waals surface area (Å²) in [5.74, 6) is 0.888. The molecule has 0 unspecified atom stereocenters. The number of nitrogens with zero attached hydrogens (tertiary/aromatic N) is 1. The summed E-state index contributed by atoms with van der Waals surface area (Å²) in [5, 5.41) is 8.89. The zero-order valence-electron chi connectivity index (χ0n) is 13.9. The molecule has 1 aromatic heterocycles. The maximum absolute atomic E-state index is 10.7. The van der Waals surface area contributed by atoms with Crippen LogP contribution < -0.4 is 5.14 Å². The van der Waals surface area contributed by atoms with Crippen LogP contribution in [0.25, 0.3) is 11.3 Å². The van der Waals surface area contributed by atoms with Gasteiger partial charge in [0.05, 0.1) is 4.90 Å². The number of aryl methyl sites for hydroxylation is 2. The molecule has 3 rings (SSSR count). The molecular formula is C18H20N2O3S. The van der Waals surface area contributed by atoms with E-state index in [4.69, 9.17) is 9.66 Å². The highest BCUT2D eigenvalue weighted by Gasteiger charge is 2.08. The second-order valence-corrected chi connectivity index (χ2v) is 7.00. The van der Waals surface area contributed by atoms with Crippen LogP contribution in [0.2, 0.25) is 0 Å². The van der Waals surface area contributed by atoms with Gasteiger partial charge in [0, 0.05) is 11.1 Å². The molecule has 3 aromatic rings. The van der Waals surface area contributed by atoms with E-state index in [1.165, 1.54) is 12.1 Å². The Morgan fingerprint density at radius 1 is 0.917 bits per heavy atom. The Kier molecular flexibility index (Phi) is 5.54. The lowest BCUT2D eigenvalue weighted by Gasteiger charge is -1.96. The van der Waals surface area contributed by atoms with Crippen LogP contribution in [0.1, 0.15) is 16.9 Å². The van der Waals surface area contributed by atoms with Gasteiger partial charge in [-0.25, -0.2) is 13.6 Å². The van der Waals surface area contributed by atoms with Crippen molar-refractivity contribution in [3.05, 3.63) is 71.5 Å². The van der Waals surface area contributed by atoms with E-state index in [1.807, 2.05) is 51.1 Å². The molecule has 24 heavy (non-hydrogen) atoms. The van der Waals surface area contributed by atoms with Crippen LogP contribution >= 0.6 is 0 Å². The van der Waals surface area contributed by atoms with Gasteiger partial charge in [-0.3, -0.25) is 0 Å². The highest BCUT2D eigenvalue weighted by molar-refractivity contribution is 7.89. The van der Waals surface area contributed by atoms with E-state index in [-0.39, 0.29) is 4.90 Å². The Labute approximate surface area is 142 Å². The summed E-state index contributed by atoms with van der Waals surface area (Å²) in [6, 6.07) is 16.5. The lowest BCUT2D eigenvalue weighted by atomic mass is 10.1. The topological polar surface area (TPSA) is 86.2 Å². The van der Waals surface area contributed by atoms with E-state index in [0.29, 0.717) is 0 Å². The van der Waals surface area contributed by atoms with Gasteiger partial charge in [-0.05, 0) is 32.9 Å². The first-order chi connectivity index (χ1) is 11.3. The van der Waals surface area contributed by atoms with Crippen LogP contribution in [-0.4, -0.2) is 13.6 Å². The van der Waals surface area contributed by atoms with E-state index in [2.05, 4.69) is 5.16 Å².